The predicted octanol–water partition coefficient (Wildman–Crippen LogP) is 3.75. The zero-order valence-electron chi connectivity index (χ0n) is 12.8. The van der Waals surface area contributed by atoms with Gasteiger partial charge in [-0.3, -0.25) is 4.98 Å². The smallest absolute Gasteiger partial charge is 0.0708 e. The second kappa shape index (κ2) is 5.90. The molecule has 1 aromatic carbocycles. The summed E-state index contributed by atoms with van der Waals surface area (Å²) in [6.45, 7) is 6.27. The number of hydrogen-bond acceptors (Lipinski definition) is 3. The first-order chi connectivity index (χ1) is 9.43. The summed E-state index contributed by atoms with van der Waals surface area (Å²) < 4.78 is 5.44. The number of rotatable bonds is 5. The Kier molecular flexibility index (Phi) is 4.41. The number of aromatic nitrogens is 1. The molecule has 1 heterocycles. The number of fused-ring (bicyclic) bond motifs is 1. The van der Waals surface area contributed by atoms with E-state index in [1.54, 1.807) is 7.11 Å². The number of benzene rings is 1. The molecular formula is C17H24N2O. The molecule has 1 unspecified atom stereocenters. The van der Waals surface area contributed by atoms with Crippen LogP contribution in [0, 0.1) is 6.92 Å². The molecule has 0 saturated carbocycles. The van der Waals surface area contributed by atoms with E-state index in [1.807, 2.05) is 18.2 Å². The van der Waals surface area contributed by atoms with Crippen LogP contribution < -0.4 is 5.73 Å². The second-order valence-electron chi connectivity index (χ2n) is 5.99. The summed E-state index contributed by atoms with van der Waals surface area (Å²) >= 11 is 0. The van der Waals surface area contributed by atoms with Crippen LogP contribution in [0.4, 0.5) is 0 Å². The maximum absolute atomic E-state index is 6.30. The largest absolute Gasteiger partial charge is 0.379 e. The van der Waals surface area contributed by atoms with E-state index in [4.69, 9.17) is 15.5 Å². The van der Waals surface area contributed by atoms with Crippen molar-refractivity contribution in [2.24, 2.45) is 5.73 Å². The van der Waals surface area contributed by atoms with Crippen LogP contribution in [0.5, 0.6) is 0 Å². The maximum atomic E-state index is 6.30. The van der Waals surface area contributed by atoms with Gasteiger partial charge in [0.25, 0.3) is 0 Å². The molecule has 0 aliphatic rings. The summed E-state index contributed by atoms with van der Waals surface area (Å²) in [5.41, 5.74) is 9.38. The Labute approximate surface area is 121 Å². The van der Waals surface area contributed by atoms with E-state index in [0.29, 0.717) is 0 Å². The Morgan fingerprint density at radius 2 is 2.00 bits per heavy atom. The first kappa shape index (κ1) is 14.9. The third kappa shape index (κ3) is 3.35. The fourth-order valence-electron chi connectivity index (χ4n) is 2.32. The molecule has 2 rings (SSSR count). The van der Waals surface area contributed by atoms with Crippen molar-refractivity contribution < 1.29 is 4.74 Å². The van der Waals surface area contributed by atoms with Crippen LogP contribution in [0.3, 0.4) is 0 Å². The molecule has 0 amide bonds. The van der Waals surface area contributed by atoms with Crippen molar-refractivity contribution in [2.45, 2.75) is 45.3 Å². The van der Waals surface area contributed by atoms with Crippen LogP contribution in [0.2, 0.25) is 0 Å². The first-order valence-corrected chi connectivity index (χ1v) is 7.10. The fraction of sp³-hybridized carbons (Fsp3) is 0.471. The summed E-state index contributed by atoms with van der Waals surface area (Å²) in [7, 11) is 1.74. The highest BCUT2D eigenvalue weighted by molar-refractivity contribution is 5.82. The minimum Gasteiger partial charge on any atom is -0.379 e. The highest BCUT2D eigenvalue weighted by Gasteiger charge is 2.19. The second-order valence-corrected chi connectivity index (χ2v) is 5.99. The molecule has 0 saturated heterocycles. The van der Waals surface area contributed by atoms with E-state index >= 15 is 0 Å². The molecule has 0 bridgehead atoms. The lowest BCUT2D eigenvalue weighted by molar-refractivity contribution is 0.0124. The maximum Gasteiger partial charge on any atom is 0.0708 e. The van der Waals surface area contributed by atoms with Gasteiger partial charge in [0, 0.05) is 18.5 Å². The number of aryl methyl sites for hydroxylation is 1. The molecule has 3 heteroatoms. The Balaban J connectivity index is 2.20. The number of pyridine rings is 1. The summed E-state index contributed by atoms with van der Waals surface area (Å²) in [5, 5.41) is 1.20. The van der Waals surface area contributed by atoms with Crippen LogP contribution >= 0.6 is 0 Å². The molecule has 20 heavy (non-hydrogen) atoms. The lowest BCUT2D eigenvalue weighted by atomic mass is 9.96. The van der Waals surface area contributed by atoms with Gasteiger partial charge in [-0.15, -0.1) is 0 Å². The van der Waals surface area contributed by atoms with Gasteiger partial charge in [0.1, 0.15) is 0 Å². The van der Waals surface area contributed by atoms with Gasteiger partial charge in [-0.1, -0.05) is 18.2 Å². The Hall–Kier alpha value is -1.45. The van der Waals surface area contributed by atoms with Crippen molar-refractivity contribution in [3.63, 3.8) is 0 Å². The molecular weight excluding hydrogens is 248 g/mol. The van der Waals surface area contributed by atoms with Gasteiger partial charge < -0.3 is 10.5 Å². The van der Waals surface area contributed by atoms with E-state index in [9.17, 15) is 0 Å². The molecule has 1 aromatic heterocycles. The zero-order valence-corrected chi connectivity index (χ0v) is 12.8. The standard InChI is InChI=1S/C17H24N2O/c1-12-11-16(14(18)9-10-17(2,3)20-4)19-15-8-6-5-7-13(12)15/h5-8,11,14H,9-10,18H2,1-4H3. The van der Waals surface area contributed by atoms with Crippen LogP contribution in [-0.2, 0) is 4.74 Å². The summed E-state index contributed by atoms with van der Waals surface area (Å²) in [4.78, 5) is 4.70. The van der Waals surface area contributed by atoms with E-state index < -0.39 is 0 Å². The van der Waals surface area contributed by atoms with Crippen molar-refractivity contribution in [3.8, 4) is 0 Å². The number of ether oxygens (including phenoxy) is 1. The molecule has 3 nitrogen and oxygen atoms in total. The van der Waals surface area contributed by atoms with Crippen LogP contribution in [0.25, 0.3) is 10.9 Å². The van der Waals surface area contributed by atoms with E-state index in [2.05, 4.69) is 32.9 Å². The van der Waals surface area contributed by atoms with E-state index in [0.717, 1.165) is 24.1 Å². The predicted molar refractivity (Wildman–Crippen MR) is 83.7 cm³/mol. The molecule has 0 spiro atoms. The highest BCUT2D eigenvalue weighted by Crippen LogP contribution is 2.25. The summed E-state index contributed by atoms with van der Waals surface area (Å²) in [5.74, 6) is 0. The molecule has 2 aromatic rings. The molecule has 0 fully saturated rings. The number of nitrogens with two attached hydrogens (primary N) is 1. The van der Waals surface area contributed by atoms with Crippen molar-refractivity contribution in [2.75, 3.05) is 7.11 Å². The van der Waals surface area contributed by atoms with E-state index in [-0.39, 0.29) is 11.6 Å². The normalized spacial score (nSPS) is 13.7. The van der Waals surface area contributed by atoms with Crippen molar-refractivity contribution in [1.82, 2.24) is 4.98 Å². The monoisotopic (exact) mass is 272 g/mol. The van der Waals surface area contributed by atoms with Crippen molar-refractivity contribution in [1.29, 1.82) is 0 Å². The number of hydrogen-bond donors (Lipinski definition) is 1. The molecule has 0 radical (unpaired) electrons. The van der Waals surface area contributed by atoms with Gasteiger partial charge in [0.2, 0.25) is 0 Å². The minimum atomic E-state index is -0.135. The van der Waals surface area contributed by atoms with Gasteiger partial charge in [-0.05, 0) is 51.3 Å². The summed E-state index contributed by atoms with van der Waals surface area (Å²) in [6, 6.07) is 10.2. The van der Waals surface area contributed by atoms with Crippen LogP contribution in [0.1, 0.15) is 44.0 Å². The van der Waals surface area contributed by atoms with Gasteiger partial charge in [-0.25, -0.2) is 0 Å². The van der Waals surface area contributed by atoms with Crippen molar-refractivity contribution >= 4 is 10.9 Å². The molecule has 108 valence electrons. The van der Waals surface area contributed by atoms with Crippen LogP contribution in [-0.4, -0.2) is 17.7 Å². The van der Waals surface area contributed by atoms with Gasteiger partial charge in [0.15, 0.2) is 0 Å². The highest BCUT2D eigenvalue weighted by atomic mass is 16.5. The zero-order chi connectivity index (χ0) is 14.8. The average molecular weight is 272 g/mol. The quantitative estimate of drug-likeness (QED) is 0.901. The number of para-hydroxylation sites is 1. The van der Waals surface area contributed by atoms with Crippen LogP contribution in [0.15, 0.2) is 30.3 Å². The fourth-order valence-corrected chi connectivity index (χ4v) is 2.32. The third-order valence-electron chi connectivity index (χ3n) is 3.93. The first-order valence-electron chi connectivity index (χ1n) is 7.10. The summed E-state index contributed by atoms with van der Waals surface area (Å²) in [6.07, 6.45) is 1.78. The molecule has 0 aliphatic carbocycles. The lowest BCUT2D eigenvalue weighted by Crippen LogP contribution is -2.25. The van der Waals surface area contributed by atoms with Gasteiger partial charge in [0.05, 0.1) is 16.8 Å². The molecule has 2 N–H and O–H groups in total. The van der Waals surface area contributed by atoms with Gasteiger partial charge >= 0.3 is 0 Å². The minimum absolute atomic E-state index is 0.0484. The van der Waals surface area contributed by atoms with Gasteiger partial charge in [-0.2, -0.15) is 0 Å². The Morgan fingerprint density at radius 1 is 1.30 bits per heavy atom. The topological polar surface area (TPSA) is 48.1 Å². The SMILES string of the molecule is COC(C)(C)CCC(N)c1cc(C)c2ccccc2n1. The van der Waals surface area contributed by atoms with E-state index in [1.165, 1.54) is 10.9 Å². The van der Waals surface area contributed by atoms with Crippen molar-refractivity contribution in [3.05, 3.63) is 41.6 Å². The number of methoxy groups -OCH3 is 1. The Morgan fingerprint density at radius 3 is 2.70 bits per heavy atom. The third-order valence-corrected chi connectivity index (χ3v) is 3.93. The lowest BCUT2D eigenvalue weighted by Gasteiger charge is -2.24. The number of nitrogens with zero attached hydrogens (tertiary/aromatic N) is 1. The molecule has 0 aliphatic heterocycles. The average Bonchev–Trinajstić information content (AvgIpc) is 2.45. The molecule has 1 atom stereocenters. The Bertz CT molecular complexity index is 593.